The molecule has 0 unspecified atom stereocenters. The van der Waals surface area contributed by atoms with E-state index < -0.39 is 0 Å². The zero-order valence-electron chi connectivity index (χ0n) is 8.55. The summed E-state index contributed by atoms with van der Waals surface area (Å²) in [7, 11) is 1.64. The van der Waals surface area contributed by atoms with Gasteiger partial charge in [-0.2, -0.15) is 0 Å². The second kappa shape index (κ2) is 5.60. The molecule has 0 spiro atoms. The standard InChI is InChI=1S/C11H15FO2/c1-9-4-5-10(8-11(9)12)14-7-3-6-13-2/h4-5,8H,3,6-7H2,1-2H3. The summed E-state index contributed by atoms with van der Waals surface area (Å²) >= 11 is 0. The van der Waals surface area contributed by atoms with Crippen LogP contribution in [0.3, 0.4) is 0 Å². The molecule has 0 aliphatic carbocycles. The number of hydrogen-bond acceptors (Lipinski definition) is 2. The van der Waals surface area contributed by atoms with Gasteiger partial charge in [-0.25, -0.2) is 4.39 Å². The lowest BCUT2D eigenvalue weighted by atomic mass is 10.2. The molecule has 0 heterocycles. The highest BCUT2D eigenvalue weighted by Gasteiger charge is 1.99. The molecule has 78 valence electrons. The van der Waals surface area contributed by atoms with Gasteiger partial charge in [-0.3, -0.25) is 0 Å². The molecule has 1 rings (SSSR count). The van der Waals surface area contributed by atoms with Crippen LogP contribution in [0.15, 0.2) is 18.2 Å². The number of ether oxygens (including phenoxy) is 2. The third-order valence-electron chi connectivity index (χ3n) is 1.90. The first-order chi connectivity index (χ1) is 6.74. The van der Waals surface area contributed by atoms with E-state index in [0.29, 0.717) is 24.5 Å². The quantitative estimate of drug-likeness (QED) is 0.677. The van der Waals surface area contributed by atoms with Gasteiger partial charge in [0.2, 0.25) is 0 Å². The van der Waals surface area contributed by atoms with E-state index in [2.05, 4.69) is 0 Å². The molecule has 2 nitrogen and oxygen atoms in total. The highest BCUT2D eigenvalue weighted by Crippen LogP contribution is 2.15. The summed E-state index contributed by atoms with van der Waals surface area (Å²) in [4.78, 5) is 0. The summed E-state index contributed by atoms with van der Waals surface area (Å²) in [5.74, 6) is 0.346. The minimum absolute atomic E-state index is 0.228. The van der Waals surface area contributed by atoms with Crippen LogP contribution >= 0.6 is 0 Å². The van der Waals surface area contributed by atoms with Gasteiger partial charge in [-0.1, -0.05) is 6.07 Å². The topological polar surface area (TPSA) is 18.5 Å². The van der Waals surface area contributed by atoms with Crippen LogP contribution in [-0.4, -0.2) is 20.3 Å². The minimum Gasteiger partial charge on any atom is -0.493 e. The zero-order valence-corrected chi connectivity index (χ0v) is 8.55. The first kappa shape index (κ1) is 11.0. The predicted molar refractivity (Wildman–Crippen MR) is 53.1 cm³/mol. The van der Waals surface area contributed by atoms with E-state index in [-0.39, 0.29) is 5.82 Å². The highest BCUT2D eigenvalue weighted by atomic mass is 19.1. The van der Waals surface area contributed by atoms with Gasteiger partial charge in [0.05, 0.1) is 6.61 Å². The van der Waals surface area contributed by atoms with Crippen LogP contribution in [0.5, 0.6) is 5.75 Å². The van der Waals surface area contributed by atoms with Crippen molar-refractivity contribution in [2.24, 2.45) is 0 Å². The van der Waals surface area contributed by atoms with Gasteiger partial charge in [0, 0.05) is 26.2 Å². The molecule has 0 bridgehead atoms. The van der Waals surface area contributed by atoms with Crippen molar-refractivity contribution in [2.45, 2.75) is 13.3 Å². The largest absolute Gasteiger partial charge is 0.493 e. The van der Waals surface area contributed by atoms with Gasteiger partial charge in [0.1, 0.15) is 11.6 Å². The van der Waals surface area contributed by atoms with Crippen molar-refractivity contribution >= 4 is 0 Å². The molecule has 0 aliphatic rings. The molecule has 0 amide bonds. The number of halogens is 1. The maximum atomic E-state index is 13.0. The molecule has 14 heavy (non-hydrogen) atoms. The highest BCUT2D eigenvalue weighted by molar-refractivity contribution is 5.27. The number of aryl methyl sites for hydroxylation is 1. The number of benzene rings is 1. The number of rotatable bonds is 5. The normalized spacial score (nSPS) is 10.2. The van der Waals surface area contributed by atoms with E-state index in [0.717, 1.165) is 6.42 Å². The number of hydrogen-bond donors (Lipinski definition) is 0. The molecule has 0 N–H and O–H groups in total. The van der Waals surface area contributed by atoms with Crippen LogP contribution in [-0.2, 0) is 4.74 Å². The summed E-state index contributed by atoms with van der Waals surface area (Å²) in [5.41, 5.74) is 0.634. The molecule has 0 radical (unpaired) electrons. The fourth-order valence-electron chi connectivity index (χ4n) is 1.06. The van der Waals surface area contributed by atoms with Crippen LogP contribution in [0.1, 0.15) is 12.0 Å². The Bertz CT molecular complexity index is 287. The Kier molecular flexibility index (Phi) is 4.40. The van der Waals surface area contributed by atoms with Crippen molar-refractivity contribution in [1.29, 1.82) is 0 Å². The molecule has 0 saturated heterocycles. The van der Waals surface area contributed by atoms with E-state index in [1.54, 1.807) is 26.2 Å². The Morgan fingerprint density at radius 3 is 2.71 bits per heavy atom. The van der Waals surface area contributed by atoms with E-state index >= 15 is 0 Å². The first-order valence-electron chi connectivity index (χ1n) is 4.62. The second-order valence-corrected chi connectivity index (χ2v) is 3.11. The monoisotopic (exact) mass is 198 g/mol. The van der Waals surface area contributed by atoms with Crippen LogP contribution in [0.25, 0.3) is 0 Å². The van der Waals surface area contributed by atoms with Gasteiger partial charge >= 0.3 is 0 Å². The Balaban J connectivity index is 2.39. The summed E-state index contributed by atoms with van der Waals surface area (Å²) in [5, 5.41) is 0. The molecule has 0 aromatic heterocycles. The fraction of sp³-hybridized carbons (Fsp3) is 0.455. The van der Waals surface area contributed by atoms with Crippen molar-refractivity contribution in [3.63, 3.8) is 0 Å². The van der Waals surface area contributed by atoms with Crippen LogP contribution in [0.2, 0.25) is 0 Å². The van der Waals surface area contributed by atoms with Crippen LogP contribution in [0.4, 0.5) is 4.39 Å². The molecule has 3 heteroatoms. The van der Waals surface area contributed by atoms with Crippen molar-refractivity contribution < 1.29 is 13.9 Å². The summed E-state index contributed by atoms with van der Waals surface area (Å²) < 4.78 is 23.2. The van der Waals surface area contributed by atoms with Gasteiger partial charge < -0.3 is 9.47 Å². The molecule has 0 saturated carbocycles. The third kappa shape index (κ3) is 3.34. The van der Waals surface area contributed by atoms with Gasteiger partial charge in [-0.15, -0.1) is 0 Å². The maximum Gasteiger partial charge on any atom is 0.129 e. The Morgan fingerprint density at radius 1 is 1.29 bits per heavy atom. The van der Waals surface area contributed by atoms with E-state index in [1.165, 1.54) is 6.07 Å². The third-order valence-corrected chi connectivity index (χ3v) is 1.90. The van der Waals surface area contributed by atoms with E-state index in [4.69, 9.17) is 9.47 Å². The second-order valence-electron chi connectivity index (χ2n) is 3.11. The van der Waals surface area contributed by atoms with Gasteiger partial charge in [0.15, 0.2) is 0 Å². The van der Waals surface area contributed by atoms with Crippen molar-refractivity contribution in [2.75, 3.05) is 20.3 Å². The lowest BCUT2D eigenvalue weighted by molar-refractivity contribution is 0.172. The summed E-state index contributed by atoms with van der Waals surface area (Å²) in [6, 6.07) is 4.88. The van der Waals surface area contributed by atoms with E-state index in [1.807, 2.05) is 0 Å². The molecule has 0 atom stereocenters. The smallest absolute Gasteiger partial charge is 0.129 e. The lowest BCUT2D eigenvalue weighted by Crippen LogP contribution is -2.01. The fourth-order valence-corrected chi connectivity index (χ4v) is 1.06. The predicted octanol–water partition coefficient (Wildman–Crippen LogP) is 2.55. The molecule has 1 aromatic carbocycles. The Hall–Kier alpha value is -1.09. The van der Waals surface area contributed by atoms with Crippen molar-refractivity contribution in [3.05, 3.63) is 29.6 Å². The molecule has 0 fully saturated rings. The molecular formula is C11H15FO2. The summed E-state index contributed by atoms with van der Waals surface area (Å²) in [6.45, 7) is 2.94. The number of methoxy groups -OCH3 is 1. The molecule has 1 aromatic rings. The molecular weight excluding hydrogens is 183 g/mol. The van der Waals surface area contributed by atoms with E-state index in [9.17, 15) is 4.39 Å². The first-order valence-corrected chi connectivity index (χ1v) is 4.62. The van der Waals surface area contributed by atoms with Crippen molar-refractivity contribution in [1.82, 2.24) is 0 Å². The SMILES string of the molecule is COCCCOc1ccc(C)c(F)c1. The van der Waals surface area contributed by atoms with Crippen LogP contribution < -0.4 is 4.74 Å². The average Bonchev–Trinajstić information content (AvgIpc) is 2.18. The Morgan fingerprint density at radius 2 is 2.07 bits per heavy atom. The van der Waals surface area contributed by atoms with Gasteiger partial charge in [-0.05, 0) is 18.6 Å². The summed E-state index contributed by atoms with van der Waals surface area (Å²) in [6.07, 6.45) is 0.812. The van der Waals surface area contributed by atoms with Crippen molar-refractivity contribution in [3.8, 4) is 5.75 Å². The zero-order chi connectivity index (χ0) is 10.4. The van der Waals surface area contributed by atoms with Gasteiger partial charge in [0.25, 0.3) is 0 Å². The maximum absolute atomic E-state index is 13.0. The minimum atomic E-state index is -0.228. The molecule has 0 aliphatic heterocycles. The van der Waals surface area contributed by atoms with Crippen LogP contribution in [0, 0.1) is 12.7 Å². The lowest BCUT2D eigenvalue weighted by Gasteiger charge is -2.06. The average molecular weight is 198 g/mol. The Labute approximate surface area is 83.6 Å².